The lowest BCUT2D eigenvalue weighted by atomic mass is 9.80. The second kappa shape index (κ2) is 5.75. The molecule has 10 aromatic rings. The molecule has 0 fully saturated rings. The Kier molecular flexibility index (Phi) is 2.83. The largest absolute Gasteiger partial charge is 0.0616 e. The molecule has 0 N–H and O–H groups in total. The van der Waals surface area contributed by atoms with Gasteiger partial charge in [-0.15, -0.1) is 0 Å². The lowest BCUT2D eigenvalue weighted by Crippen LogP contribution is -1.94. The summed E-state index contributed by atoms with van der Waals surface area (Å²) in [7, 11) is 0. The molecule has 36 heavy (non-hydrogen) atoms. The molecule has 162 valence electrons. The fraction of sp³-hybridized carbons (Fsp3) is 0. The van der Waals surface area contributed by atoms with Gasteiger partial charge in [0, 0.05) is 0 Å². The number of rotatable bonds is 0. The topological polar surface area (TPSA) is 0 Å². The van der Waals surface area contributed by atoms with Crippen LogP contribution >= 0.6 is 0 Å². The van der Waals surface area contributed by atoms with E-state index in [0.29, 0.717) is 0 Å². The highest BCUT2D eigenvalue weighted by molar-refractivity contribution is 6.49. The van der Waals surface area contributed by atoms with Crippen LogP contribution in [0, 0.1) is 0 Å². The van der Waals surface area contributed by atoms with Gasteiger partial charge < -0.3 is 0 Å². The molecule has 0 bridgehead atoms. The SMILES string of the molecule is c1ccc2c(c1)ccc1ccc3c4ccc5ccc6ccc7ccc8ccc(c3c12)c1c8c7c6c5c41. The molecule has 0 unspecified atom stereocenters. The maximum atomic E-state index is 2.39. The lowest BCUT2D eigenvalue weighted by molar-refractivity contribution is 1.79. The van der Waals surface area contributed by atoms with Crippen molar-refractivity contribution in [2.24, 2.45) is 0 Å². The van der Waals surface area contributed by atoms with E-state index in [1.54, 1.807) is 0 Å². The smallest absolute Gasteiger partial charge is 0.000718 e. The van der Waals surface area contributed by atoms with Crippen LogP contribution in [0.5, 0.6) is 0 Å². The van der Waals surface area contributed by atoms with Crippen molar-refractivity contribution in [1.82, 2.24) is 0 Å². The molecular weight excluding hydrogens is 432 g/mol. The first-order valence-corrected chi connectivity index (χ1v) is 12.7. The van der Waals surface area contributed by atoms with E-state index in [-0.39, 0.29) is 0 Å². The van der Waals surface area contributed by atoms with Crippen LogP contribution in [0.4, 0.5) is 0 Å². The zero-order valence-electron chi connectivity index (χ0n) is 19.4. The summed E-state index contributed by atoms with van der Waals surface area (Å²) in [6, 6.07) is 41.3. The Morgan fingerprint density at radius 2 is 0.583 bits per heavy atom. The number of hydrogen-bond acceptors (Lipinski definition) is 0. The molecule has 0 aromatic heterocycles. The van der Waals surface area contributed by atoms with Gasteiger partial charge in [0.15, 0.2) is 0 Å². The van der Waals surface area contributed by atoms with Crippen LogP contribution in [0.3, 0.4) is 0 Å². The van der Waals surface area contributed by atoms with Crippen molar-refractivity contribution < 1.29 is 0 Å². The third-order valence-electron chi connectivity index (χ3n) is 8.85. The molecule has 0 spiro atoms. The second-order valence-electron chi connectivity index (χ2n) is 10.4. The molecule has 0 atom stereocenters. The van der Waals surface area contributed by atoms with E-state index in [9.17, 15) is 0 Å². The molecule has 0 saturated carbocycles. The van der Waals surface area contributed by atoms with Crippen molar-refractivity contribution in [1.29, 1.82) is 0 Å². The highest BCUT2D eigenvalue weighted by Gasteiger charge is 2.22. The van der Waals surface area contributed by atoms with Crippen LogP contribution in [0.25, 0.3) is 97.0 Å². The van der Waals surface area contributed by atoms with Gasteiger partial charge in [0.25, 0.3) is 0 Å². The Balaban J connectivity index is 1.67. The van der Waals surface area contributed by atoms with Crippen molar-refractivity contribution in [3.8, 4) is 0 Å². The fourth-order valence-electron chi connectivity index (χ4n) is 7.42. The van der Waals surface area contributed by atoms with Crippen molar-refractivity contribution in [3.05, 3.63) is 109 Å². The summed E-state index contributed by atoms with van der Waals surface area (Å²) in [5.41, 5.74) is 0. The van der Waals surface area contributed by atoms with E-state index in [2.05, 4.69) is 109 Å². The molecule has 0 radical (unpaired) electrons. The molecule has 0 nitrogen and oxygen atoms in total. The van der Waals surface area contributed by atoms with Crippen molar-refractivity contribution in [2.45, 2.75) is 0 Å². The van der Waals surface area contributed by atoms with E-state index in [1.165, 1.54) is 97.0 Å². The number of hydrogen-bond donors (Lipinski definition) is 0. The maximum Gasteiger partial charge on any atom is -0.000718 e. The minimum absolute atomic E-state index is 1.30. The van der Waals surface area contributed by atoms with Gasteiger partial charge in [0.1, 0.15) is 0 Å². The van der Waals surface area contributed by atoms with E-state index >= 15 is 0 Å². The normalized spacial score (nSPS) is 13.0. The molecule has 0 aliphatic rings. The Bertz CT molecular complexity index is 2500. The van der Waals surface area contributed by atoms with Crippen LogP contribution in [-0.4, -0.2) is 0 Å². The Morgan fingerprint density at radius 1 is 0.194 bits per heavy atom. The zero-order valence-corrected chi connectivity index (χ0v) is 19.4. The Labute approximate surface area is 206 Å². The molecular formula is C36H18. The van der Waals surface area contributed by atoms with Crippen LogP contribution in [0.15, 0.2) is 109 Å². The Hall–Kier alpha value is -4.68. The summed E-state index contributed by atoms with van der Waals surface area (Å²) in [6.07, 6.45) is 0. The van der Waals surface area contributed by atoms with Crippen molar-refractivity contribution >= 4 is 97.0 Å². The molecule has 0 heteroatoms. The summed E-state index contributed by atoms with van der Waals surface area (Å²) < 4.78 is 0. The van der Waals surface area contributed by atoms with Gasteiger partial charge in [-0.3, -0.25) is 0 Å². The molecule has 10 rings (SSSR count). The predicted molar refractivity (Wildman–Crippen MR) is 158 cm³/mol. The summed E-state index contributed by atoms with van der Waals surface area (Å²) in [5.74, 6) is 0. The van der Waals surface area contributed by atoms with Crippen LogP contribution < -0.4 is 0 Å². The summed E-state index contributed by atoms with van der Waals surface area (Å²) in [4.78, 5) is 0. The predicted octanol–water partition coefficient (Wildman–Crippen LogP) is 10.4. The molecule has 0 aliphatic heterocycles. The van der Waals surface area contributed by atoms with E-state index in [4.69, 9.17) is 0 Å². The first-order chi connectivity index (χ1) is 17.9. The van der Waals surface area contributed by atoms with Gasteiger partial charge in [0.05, 0.1) is 0 Å². The third kappa shape index (κ3) is 1.83. The fourth-order valence-corrected chi connectivity index (χ4v) is 7.42. The van der Waals surface area contributed by atoms with Crippen LogP contribution in [-0.2, 0) is 0 Å². The summed E-state index contributed by atoms with van der Waals surface area (Å²) >= 11 is 0. The average molecular weight is 451 g/mol. The first kappa shape index (κ1) is 17.7. The first-order valence-electron chi connectivity index (χ1n) is 12.7. The highest BCUT2D eigenvalue weighted by Crippen LogP contribution is 2.51. The van der Waals surface area contributed by atoms with Crippen molar-refractivity contribution in [2.75, 3.05) is 0 Å². The average Bonchev–Trinajstić information content (AvgIpc) is 2.95. The van der Waals surface area contributed by atoms with Crippen molar-refractivity contribution in [3.63, 3.8) is 0 Å². The van der Waals surface area contributed by atoms with Gasteiger partial charge in [-0.05, 0) is 97.0 Å². The Morgan fingerprint density at radius 3 is 1.19 bits per heavy atom. The summed E-state index contributed by atoms with van der Waals surface area (Å²) in [5, 5.41) is 24.7. The minimum Gasteiger partial charge on any atom is -0.0616 e. The summed E-state index contributed by atoms with van der Waals surface area (Å²) in [6.45, 7) is 0. The molecule has 0 aliphatic carbocycles. The third-order valence-corrected chi connectivity index (χ3v) is 8.85. The minimum atomic E-state index is 1.30. The molecule has 10 aromatic carbocycles. The monoisotopic (exact) mass is 450 g/mol. The molecule has 0 amide bonds. The zero-order chi connectivity index (χ0) is 23.1. The van der Waals surface area contributed by atoms with Crippen LogP contribution in [0.2, 0.25) is 0 Å². The maximum absolute atomic E-state index is 2.39. The standard InChI is InChI=1S/C36H18/c1-2-4-25-19(3-1)5-6-20-13-16-26-27-17-14-23-11-9-21-7-8-22-10-12-24-15-18-28(34(26)29(20)25)36-33(24)31(22)30(21)32(23)35(27)36/h1-18H. The number of fused-ring (bicyclic) bond motifs is 7. The quantitative estimate of drug-likeness (QED) is 0.159. The van der Waals surface area contributed by atoms with E-state index in [0.717, 1.165) is 0 Å². The molecule has 0 heterocycles. The number of benzene rings is 10. The van der Waals surface area contributed by atoms with E-state index in [1.807, 2.05) is 0 Å². The van der Waals surface area contributed by atoms with Gasteiger partial charge in [-0.1, -0.05) is 109 Å². The van der Waals surface area contributed by atoms with Gasteiger partial charge in [-0.2, -0.15) is 0 Å². The van der Waals surface area contributed by atoms with Crippen LogP contribution in [0.1, 0.15) is 0 Å². The molecule has 0 saturated heterocycles. The second-order valence-corrected chi connectivity index (χ2v) is 10.4. The van der Waals surface area contributed by atoms with Gasteiger partial charge in [0.2, 0.25) is 0 Å². The van der Waals surface area contributed by atoms with E-state index < -0.39 is 0 Å². The van der Waals surface area contributed by atoms with Gasteiger partial charge >= 0.3 is 0 Å². The van der Waals surface area contributed by atoms with Gasteiger partial charge in [-0.25, -0.2) is 0 Å². The lowest BCUT2D eigenvalue weighted by Gasteiger charge is -2.22. The highest BCUT2D eigenvalue weighted by atomic mass is 14.2.